The van der Waals surface area contributed by atoms with Crippen LogP contribution in [0.15, 0.2) is 29.3 Å². The third-order valence-electron chi connectivity index (χ3n) is 3.80. The van der Waals surface area contributed by atoms with E-state index in [0.29, 0.717) is 6.61 Å². The Kier molecular flexibility index (Phi) is 2.82. The summed E-state index contributed by atoms with van der Waals surface area (Å²) in [4.78, 5) is 14.6. The van der Waals surface area contributed by atoms with Gasteiger partial charge >= 0.3 is 0 Å². The number of hydrogen-bond acceptors (Lipinski definition) is 4. The lowest BCUT2D eigenvalue weighted by Crippen LogP contribution is -2.20. The van der Waals surface area contributed by atoms with Crippen LogP contribution in [0, 0.1) is 0 Å². The van der Waals surface area contributed by atoms with Gasteiger partial charge in [-0.1, -0.05) is 24.3 Å². The minimum atomic E-state index is -0.553. The van der Waals surface area contributed by atoms with Crippen LogP contribution in [0.2, 0.25) is 0 Å². The van der Waals surface area contributed by atoms with Crippen LogP contribution in [0.1, 0.15) is 43.9 Å². The summed E-state index contributed by atoms with van der Waals surface area (Å²) < 4.78 is 11.5. The molecule has 4 nitrogen and oxygen atoms in total. The van der Waals surface area contributed by atoms with E-state index in [9.17, 15) is 4.79 Å². The van der Waals surface area contributed by atoms with Gasteiger partial charge in [0.05, 0.1) is 12.1 Å². The van der Waals surface area contributed by atoms with Crippen molar-refractivity contribution in [2.45, 2.75) is 44.1 Å². The fraction of sp³-hybridized carbons (Fsp3) is 0.533. The zero-order valence-electron chi connectivity index (χ0n) is 11.2. The Morgan fingerprint density at radius 3 is 2.63 bits per heavy atom. The van der Waals surface area contributed by atoms with E-state index in [2.05, 4.69) is 4.99 Å². The van der Waals surface area contributed by atoms with Crippen LogP contribution >= 0.6 is 0 Å². The van der Waals surface area contributed by atoms with Gasteiger partial charge in [0, 0.05) is 0 Å². The largest absolute Gasteiger partial charge is 0.347 e. The first-order valence-corrected chi connectivity index (χ1v) is 6.57. The molecule has 0 radical (unpaired) electrons. The molecule has 1 atom stereocenters. The second-order valence-electron chi connectivity index (χ2n) is 5.64. The summed E-state index contributed by atoms with van der Waals surface area (Å²) in [5, 5.41) is 0. The molecule has 2 aliphatic rings. The molecule has 19 heavy (non-hydrogen) atoms. The fourth-order valence-electron chi connectivity index (χ4n) is 2.69. The molecule has 1 aromatic carbocycles. The van der Waals surface area contributed by atoms with Crippen molar-refractivity contribution in [1.29, 1.82) is 0 Å². The van der Waals surface area contributed by atoms with Crippen LogP contribution < -0.4 is 0 Å². The maximum Gasteiger partial charge on any atom is 0.235 e. The zero-order valence-corrected chi connectivity index (χ0v) is 11.2. The van der Waals surface area contributed by atoms with Crippen molar-refractivity contribution >= 4 is 6.08 Å². The minimum Gasteiger partial charge on any atom is -0.347 e. The first kappa shape index (κ1) is 12.5. The zero-order chi connectivity index (χ0) is 13.5. The third-order valence-corrected chi connectivity index (χ3v) is 3.80. The first-order valence-electron chi connectivity index (χ1n) is 6.57. The summed E-state index contributed by atoms with van der Waals surface area (Å²) in [5.41, 5.74) is 1.78. The molecule has 0 aromatic heterocycles. The second-order valence-corrected chi connectivity index (χ2v) is 5.64. The molecular weight excluding hydrogens is 242 g/mol. The van der Waals surface area contributed by atoms with Crippen molar-refractivity contribution < 1.29 is 14.3 Å². The highest BCUT2D eigenvalue weighted by Crippen LogP contribution is 2.52. The molecule has 0 spiro atoms. The first-order chi connectivity index (χ1) is 9.06. The predicted molar refractivity (Wildman–Crippen MR) is 69.3 cm³/mol. The molecule has 1 saturated carbocycles. The molecule has 0 bridgehead atoms. The van der Waals surface area contributed by atoms with E-state index in [0.717, 1.165) is 24.0 Å². The van der Waals surface area contributed by atoms with Gasteiger partial charge in [-0.2, -0.15) is 4.99 Å². The number of carbonyl (C=O) groups excluding carboxylic acids is 1. The Morgan fingerprint density at radius 2 is 2.05 bits per heavy atom. The van der Waals surface area contributed by atoms with E-state index in [1.807, 2.05) is 38.1 Å². The number of rotatable bonds is 3. The molecule has 2 fully saturated rings. The average molecular weight is 259 g/mol. The standard InChI is InChI=1S/C15H17NO3/c1-14(2)18-9-13(19-14)11-5-3-4-6-12(11)15(7-8-15)16-10-17/h3-6,13H,7-9H2,1-2H3. The quantitative estimate of drug-likeness (QED) is 0.619. The molecule has 1 aliphatic heterocycles. The van der Waals surface area contributed by atoms with Gasteiger partial charge < -0.3 is 9.47 Å². The molecule has 100 valence electrons. The van der Waals surface area contributed by atoms with Gasteiger partial charge in [-0.15, -0.1) is 0 Å². The molecule has 1 heterocycles. The Hall–Kier alpha value is -1.48. The van der Waals surface area contributed by atoms with Crippen LogP contribution in [-0.4, -0.2) is 18.5 Å². The highest BCUT2D eigenvalue weighted by Gasteiger charge is 2.47. The molecule has 0 amide bonds. The highest BCUT2D eigenvalue weighted by molar-refractivity contribution is 5.45. The maximum atomic E-state index is 10.6. The number of nitrogens with zero attached hydrogens (tertiary/aromatic N) is 1. The van der Waals surface area contributed by atoms with E-state index in [1.165, 1.54) is 0 Å². The minimum absolute atomic E-state index is 0.0921. The molecule has 4 heteroatoms. The predicted octanol–water partition coefficient (Wildman–Crippen LogP) is 2.84. The van der Waals surface area contributed by atoms with Crippen LogP contribution in [0.5, 0.6) is 0 Å². The SMILES string of the molecule is CC1(C)OCC(c2ccccc2C2(N=C=O)CC2)O1. The second kappa shape index (κ2) is 4.27. The fourth-order valence-corrected chi connectivity index (χ4v) is 2.69. The van der Waals surface area contributed by atoms with E-state index in [1.54, 1.807) is 6.08 Å². The van der Waals surface area contributed by atoms with E-state index < -0.39 is 5.79 Å². The summed E-state index contributed by atoms with van der Waals surface area (Å²) in [6.07, 6.45) is 3.41. The average Bonchev–Trinajstić information content (AvgIpc) is 3.07. The monoisotopic (exact) mass is 259 g/mol. The Morgan fingerprint density at radius 1 is 1.32 bits per heavy atom. The normalized spacial score (nSPS) is 26.7. The number of benzene rings is 1. The molecular formula is C15H17NO3. The van der Waals surface area contributed by atoms with Crippen molar-refractivity contribution in [1.82, 2.24) is 0 Å². The molecule has 1 unspecified atom stereocenters. The van der Waals surface area contributed by atoms with Gasteiger partial charge in [0.1, 0.15) is 6.10 Å². The van der Waals surface area contributed by atoms with Gasteiger partial charge in [-0.05, 0) is 37.8 Å². The van der Waals surface area contributed by atoms with Gasteiger partial charge in [0.2, 0.25) is 6.08 Å². The number of hydrogen-bond donors (Lipinski definition) is 0. The van der Waals surface area contributed by atoms with Crippen LogP contribution in [-0.2, 0) is 19.8 Å². The van der Waals surface area contributed by atoms with Crippen LogP contribution in [0.3, 0.4) is 0 Å². The summed E-state index contributed by atoms with van der Waals surface area (Å²) in [7, 11) is 0. The summed E-state index contributed by atoms with van der Waals surface area (Å²) in [6, 6.07) is 8.01. The molecule has 3 rings (SSSR count). The summed E-state index contributed by atoms with van der Waals surface area (Å²) >= 11 is 0. The number of aliphatic imine (C=N–C) groups is 1. The maximum absolute atomic E-state index is 10.6. The van der Waals surface area contributed by atoms with Crippen molar-refractivity contribution in [2.75, 3.05) is 6.61 Å². The van der Waals surface area contributed by atoms with Crippen molar-refractivity contribution in [3.63, 3.8) is 0 Å². The van der Waals surface area contributed by atoms with Gasteiger partial charge in [0.15, 0.2) is 5.79 Å². The molecule has 1 saturated heterocycles. The number of isocyanates is 1. The number of ether oxygens (including phenoxy) is 2. The topological polar surface area (TPSA) is 47.9 Å². The third kappa shape index (κ3) is 2.23. The lowest BCUT2D eigenvalue weighted by atomic mass is 9.95. The van der Waals surface area contributed by atoms with Gasteiger partial charge in [-0.3, -0.25) is 0 Å². The van der Waals surface area contributed by atoms with Crippen LogP contribution in [0.4, 0.5) is 0 Å². The molecule has 1 aliphatic carbocycles. The van der Waals surface area contributed by atoms with Crippen molar-refractivity contribution in [3.8, 4) is 0 Å². The van der Waals surface area contributed by atoms with Gasteiger partial charge in [0.25, 0.3) is 0 Å². The van der Waals surface area contributed by atoms with E-state index in [4.69, 9.17) is 9.47 Å². The Balaban J connectivity index is 1.97. The van der Waals surface area contributed by atoms with E-state index >= 15 is 0 Å². The van der Waals surface area contributed by atoms with Gasteiger partial charge in [-0.25, -0.2) is 4.79 Å². The summed E-state index contributed by atoms with van der Waals surface area (Å²) in [5.74, 6) is -0.553. The lowest BCUT2D eigenvalue weighted by molar-refractivity contribution is -0.139. The molecule has 0 N–H and O–H groups in total. The van der Waals surface area contributed by atoms with Crippen molar-refractivity contribution in [2.24, 2.45) is 4.99 Å². The smallest absolute Gasteiger partial charge is 0.235 e. The Labute approximate surface area is 112 Å². The summed E-state index contributed by atoms with van der Waals surface area (Å²) in [6.45, 7) is 4.35. The molecule has 1 aromatic rings. The highest BCUT2D eigenvalue weighted by atomic mass is 16.7. The van der Waals surface area contributed by atoms with Crippen molar-refractivity contribution in [3.05, 3.63) is 35.4 Å². The Bertz CT molecular complexity index is 542. The lowest BCUT2D eigenvalue weighted by Gasteiger charge is -2.20. The van der Waals surface area contributed by atoms with E-state index in [-0.39, 0.29) is 11.6 Å². The van der Waals surface area contributed by atoms with Crippen LogP contribution in [0.25, 0.3) is 0 Å².